The van der Waals surface area contributed by atoms with Crippen LogP contribution in [-0.4, -0.2) is 54.5 Å². The number of hydrogen-bond donors (Lipinski definition) is 1. The van der Waals surface area contributed by atoms with Crippen LogP contribution in [0.4, 0.5) is 0 Å². The maximum absolute atomic E-state index is 8.13. The van der Waals surface area contributed by atoms with E-state index in [1.165, 1.54) is 0 Å². The number of nitrogens with zero attached hydrogens (tertiary/aromatic N) is 1. The average molecular weight is 149 g/mol. The second-order valence-corrected chi connectivity index (χ2v) is 1.16. The molecule has 0 aromatic carbocycles. The van der Waals surface area contributed by atoms with Crippen LogP contribution in [0, 0.1) is 23.2 Å². The van der Waals surface area contributed by atoms with Gasteiger partial charge in [0.25, 0.3) is 0 Å². The second-order valence-electron chi connectivity index (χ2n) is 1.16. The molecule has 1 N–H and O–H groups in total. The van der Waals surface area contributed by atoms with Gasteiger partial charge in [-0.25, -0.2) is 0 Å². The third-order valence-corrected chi connectivity index (χ3v) is 0.545. The van der Waals surface area contributed by atoms with E-state index in [9.17, 15) is 0 Å². The fourth-order valence-electron chi connectivity index (χ4n) is 0.255. The molecule has 0 aromatic heterocycles. The van der Waals surface area contributed by atoms with Gasteiger partial charge in [-0.1, -0.05) is 11.8 Å². The minimum absolute atomic E-state index is 0. The Morgan fingerprint density at radius 3 is 2.50 bits per heavy atom. The number of nitriles is 1. The van der Waals surface area contributed by atoms with Crippen LogP contribution in [0.15, 0.2) is 0 Å². The third kappa shape index (κ3) is 10.9. The van der Waals surface area contributed by atoms with E-state index in [0.717, 1.165) is 0 Å². The van der Waals surface area contributed by atoms with Gasteiger partial charge >= 0.3 is 29.6 Å². The molecule has 0 heterocycles. The molecular formula is C6H8NNaO2. The fraction of sp³-hybridized carbons (Fsp3) is 0.500. The summed E-state index contributed by atoms with van der Waals surface area (Å²) in [6.07, 6.45) is 0. The summed E-state index contributed by atoms with van der Waals surface area (Å²) in [5, 5.41) is 16.1. The summed E-state index contributed by atoms with van der Waals surface area (Å²) >= 11 is 0. The van der Waals surface area contributed by atoms with Crippen LogP contribution >= 0.6 is 0 Å². The van der Waals surface area contributed by atoms with Gasteiger partial charge in [0.05, 0.1) is 6.07 Å². The van der Waals surface area contributed by atoms with Crippen molar-refractivity contribution in [3.63, 3.8) is 0 Å². The van der Waals surface area contributed by atoms with E-state index in [1.807, 2.05) is 0 Å². The minimum atomic E-state index is -0.157. The van der Waals surface area contributed by atoms with Gasteiger partial charge in [0.15, 0.2) is 0 Å². The van der Waals surface area contributed by atoms with Gasteiger partial charge in [-0.05, 0) is 0 Å². The predicted octanol–water partition coefficient (Wildman–Crippen LogP) is -1.13. The number of aliphatic hydroxyl groups is 1. The van der Waals surface area contributed by atoms with E-state index in [-0.39, 0.29) is 49.4 Å². The molecule has 0 aliphatic rings. The Morgan fingerprint density at radius 2 is 2.00 bits per heavy atom. The van der Waals surface area contributed by atoms with E-state index in [0.29, 0.717) is 0 Å². The Bertz CT molecular complexity index is 153. The van der Waals surface area contributed by atoms with Crippen LogP contribution in [0.5, 0.6) is 0 Å². The molecule has 0 atom stereocenters. The number of aliphatic hydroxyl groups excluding tert-OH is 1. The Hall–Kier alpha value is -0.0300. The molecule has 4 heteroatoms. The van der Waals surface area contributed by atoms with E-state index >= 15 is 0 Å². The van der Waals surface area contributed by atoms with Crippen LogP contribution in [0.2, 0.25) is 0 Å². The normalized spacial score (nSPS) is 6.40. The van der Waals surface area contributed by atoms with E-state index in [1.54, 1.807) is 6.07 Å². The molecule has 0 fully saturated rings. The summed E-state index contributed by atoms with van der Waals surface area (Å²) in [4.78, 5) is 0. The average Bonchev–Trinajstić information content (AvgIpc) is 1.89. The van der Waals surface area contributed by atoms with Crippen LogP contribution in [-0.2, 0) is 4.74 Å². The van der Waals surface area contributed by atoms with Crippen LogP contribution in [0.25, 0.3) is 0 Å². The summed E-state index contributed by atoms with van der Waals surface area (Å²) in [6.45, 7) is 0.115. The molecule has 10 heavy (non-hydrogen) atoms. The summed E-state index contributed by atoms with van der Waals surface area (Å²) in [7, 11) is 0. The molecule has 0 radical (unpaired) electrons. The molecule has 0 saturated heterocycles. The fourth-order valence-corrected chi connectivity index (χ4v) is 0.255. The summed E-state index contributed by atoms with van der Waals surface area (Å²) in [5.74, 6) is 4.87. The van der Waals surface area contributed by atoms with Gasteiger partial charge in [0.1, 0.15) is 19.8 Å². The molecule has 0 aliphatic carbocycles. The topological polar surface area (TPSA) is 53.2 Å². The summed E-state index contributed by atoms with van der Waals surface area (Å²) < 4.78 is 4.64. The quantitative estimate of drug-likeness (QED) is 0.307. The molecular weight excluding hydrogens is 141 g/mol. The van der Waals surface area contributed by atoms with E-state index < -0.39 is 0 Å². The first kappa shape index (κ1) is 12.6. The Morgan fingerprint density at radius 1 is 1.30 bits per heavy atom. The van der Waals surface area contributed by atoms with Gasteiger partial charge in [-0.3, -0.25) is 0 Å². The first-order valence-corrected chi connectivity index (χ1v) is 2.43. The molecule has 0 amide bonds. The van der Waals surface area contributed by atoms with Crippen molar-refractivity contribution in [3.05, 3.63) is 0 Å². The molecule has 0 aliphatic heterocycles. The number of ether oxygens (including phenoxy) is 1. The zero-order valence-corrected chi connectivity index (χ0v) is 4.92. The van der Waals surface area contributed by atoms with Crippen LogP contribution in [0.3, 0.4) is 0 Å². The van der Waals surface area contributed by atoms with Gasteiger partial charge < -0.3 is 9.84 Å². The zero-order chi connectivity index (χ0) is 6.95. The molecule has 50 valence electrons. The Kier molecular flexibility index (Phi) is 14.8. The molecule has 0 aromatic rings. The van der Waals surface area contributed by atoms with Gasteiger partial charge in [0, 0.05) is 0 Å². The van der Waals surface area contributed by atoms with Crippen molar-refractivity contribution in [2.24, 2.45) is 0 Å². The van der Waals surface area contributed by atoms with Crippen LogP contribution < -0.4 is 0 Å². The predicted molar refractivity (Wildman–Crippen MR) is 38.4 cm³/mol. The van der Waals surface area contributed by atoms with E-state index in [2.05, 4.69) is 16.6 Å². The van der Waals surface area contributed by atoms with Crippen molar-refractivity contribution in [2.45, 2.75) is 0 Å². The van der Waals surface area contributed by atoms with Crippen molar-refractivity contribution in [2.75, 3.05) is 19.8 Å². The molecule has 0 rings (SSSR count). The standard InChI is InChI=1S/C6H7NO2.Na.H/c7-3-6-9-5-2-1-4-8;;/h8H,4-6H2;;. The van der Waals surface area contributed by atoms with Gasteiger partial charge in [0.2, 0.25) is 0 Å². The molecule has 3 nitrogen and oxygen atoms in total. The van der Waals surface area contributed by atoms with Crippen molar-refractivity contribution < 1.29 is 9.84 Å². The molecule has 0 spiro atoms. The molecule has 0 saturated carbocycles. The molecule has 0 bridgehead atoms. The third-order valence-electron chi connectivity index (χ3n) is 0.545. The van der Waals surface area contributed by atoms with Crippen molar-refractivity contribution in [1.82, 2.24) is 0 Å². The summed E-state index contributed by atoms with van der Waals surface area (Å²) in [5.41, 5.74) is 0. The Labute approximate surface area is 82.3 Å². The van der Waals surface area contributed by atoms with Crippen molar-refractivity contribution in [1.29, 1.82) is 5.26 Å². The second kappa shape index (κ2) is 11.7. The summed E-state index contributed by atoms with van der Waals surface area (Å²) in [6, 6.07) is 1.79. The SMILES string of the molecule is N#CCOCC#CCO.[NaH]. The Balaban J connectivity index is 0. The van der Waals surface area contributed by atoms with Crippen molar-refractivity contribution >= 4 is 29.6 Å². The van der Waals surface area contributed by atoms with Crippen LogP contribution in [0.1, 0.15) is 0 Å². The maximum atomic E-state index is 8.13. The van der Waals surface area contributed by atoms with E-state index in [4.69, 9.17) is 10.4 Å². The first-order valence-electron chi connectivity index (χ1n) is 2.43. The monoisotopic (exact) mass is 149 g/mol. The number of hydrogen-bond acceptors (Lipinski definition) is 3. The first-order chi connectivity index (χ1) is 4.41. The van der Waals surface area contributed by atoms with Crippen molar-refractivity contribution in [3.8, 4) is 17.9 Å². The zero-order valence-electron chi connectivity index (χ0n) is 4.92. The van der Waals surface area contributed by atoms with Gasteiger partial charge in [-0.2, -0.15) is 5.26 Å². The number of rotatable bonds is 2. The molecule has 0 unspecified atom stereocenters. The van der Waals surface area contributed by atoms with Gasteiger partial charge in [-0.15, -0.1) is 0 Å².